The number of anilines is 5. The van der Waals surface area contributed by atoms with Crippen molar-refractivity contribution in [3.63, 3.8) is 0 Å². The lowest BCUT2D eigenvalue weighted by atomic mass is 10.2. The number of morpholine rings is 1. The number of rotatable bonds is 7. The van der Waals surface area contributed by atoms with Gasteiger partial charge in [-0.15, -0.1) is 0 Å². The van der Waals surface area contributed by atoms with Crippen LogP contribution < -0.4 is 26.1 Å². The molecule has 34 heavy (non-hydrogen) atoms. The van der Waals surface area contributed by atoms with Crippen LogP contribution in [0.25, 0.3) is 0 Å². The largest absolute Gasteiger partial charge is 0.378 e. The first kappa shape index (κ1) is 22.0. The summed E-state index contributed by atoms with van der Waals surface area (Å²) in [4.78, 5) is 14.4. The molecule has 176 valence electrons. The molecule has 0 bridgehead atoms. The van der Waals surface area contributed by atoms with Gasteiger partial charge in [-0.05, 0) is 42.8 Å². The standard InChI is InChI=1S/C23H26FN9O/c24-21-16-26-23(30-22(21)32-10-12-34-13-11-32)31-27-15-18-2-3-19(14-25-18)29-17-4-6-20(7-5-17)33-9-1-8-28-33/h2-7,14-16,28-29H,1,8-13H2,(H,26,30,31)/b27-15+. The minimum Gasteiger partial charge on any atom is -0.378 e. The van der Waals surface area contributed by atoms with Crippen LogP contribution in [-0.2, 0) is 4.74 Å². The Morgan fingerprint density at radius 3 is 2.56 bits per heavy atom. The predicted molar refractivity (Wildman–Crippen MR) is 130 cm³/mol. The topological polar surface area (TPSA) is 103 Å². The van der Waals surface area contributed by atoms with Gasteiger partial charge in [0.25, 0.3) is 0 Å². The number of hydrazone groups is 1. The molecular weight excluding hydrogens is 437 g/mol. The van der Waals surface area contributed by atoms with Crippen molar-refractivity contribution in [3.8, 4) is 0 Å². The predicted octanol–water partition coefficient (Wildman–Crippen LogP) is 2.75. The molecule has 2 fully saturated rings. The van der Waals surface area contributed by atoms with Crippen molar-refractivity contribution in [1.29, 1.82) is 0 Å². The number of nitrogens with one attached hydrogen (secondary N) is 3. The number of ether oxygens (including phenoxy) is 1. The maximum absolute atomic E-state index is 14.1. The maximum Gasteiger partial charge on any atom is 0.245 e. The van der Waals surface area contributed by atoms with Crippen LogP contribution in [-0.4, -0.2) is 60.6 Å². The van der Waals surface area contributed by atoms with Gasteiger partial charge in [0.1, 0.15) is 0 Å². The molecule has 11 heteroatoms. The van der Waals surface area contributed by atoms with Crippen LogP contribution in [0.2, 0.25) is 0 Å². The number of halogens is 1. The molecule has 3 aromatic rings. The molecule has 2 aliphatic rings. The van der Waals surface area contributed by atoms with Gasteiger partial charge in [-0.25, -0.2) is 20.2 Å². The molecule has 0 atom stereocenters. The van der Waals surface area contributed by atoms with E-state index in [1.807, 2.05) is 29.2 Å². The summed E-state index contributed by atoms with van der Waals surface area (Å²) in [6.45, 7) is 4.30. The highest BCUT2D eigenvalue weighted by atomic mass is 19.1. The minimum atomic E-state index is -0.469. The molecule has 0 unspecified atom stereocenters. The summed E-state index contributed by atoms with van der Waals surface area (Å²) in [6, 6.07) is 12.0. The van der Waals surface area contributed by atoms with Crippen molar-refractivity contribution in [2.45, 2.75) is 6.42 Å². The summed E-state index contributed by atoms with van der Waals surface area (Å²) in [6.07, 6.45) is 5.59. The van der Waals surface area contributed by atoms with Gasteiger partial charge >= 0.3 is 0 Å². The summed E-state index contributed by atoms with van der Waals surface area (Å²) in [5.41, 5.74) is 9.76. The number of hydrogen-bond donors (Lipinski definition) is 3. The normalized spacial score (nSPS) is 16.3. The molecule has 0 aliphatic carbocycles. The molecule has 4 heterocycles. The Labute approximate surface area is 196 Å². The third-order valence-electron chi connectivity index (χ3n) is 5.51. The average molecular weight is 464 g/mol. The van der Waals surface area contributed by atoms with E-state index in [4.69, 9.17) is 4.74 Å². The number of hydrazine groups is 1. The number of hydrogen-bond acceptors (Lipinski definition) is 10. The molecular formula is C23H26FN9O. The SMILES string of the molecule is Fc1cnc(N/N=C/c2ccc(Nc3ccc(N4CCCN4)cc3)cn2)nc1N1CCOCC1. The quantitative estimate of drug-likeness (QED) is 0.360. The first-order valence-corrected chi connectivity index (χ1v) is 11.2. The first-order chi connectivity index (χ1) is 16.7. The maximum atomic E-state index is 14.1. The zero-order valence-corrected chi connectivity index (χ0v) is 18.6. The molecule has 2 aliphatic heterocycles. The third kappa shape index (κ3) is 5.38. The number of nitrogens with zero attached hydrogens (tertiary/aromatic N) is 6. The summed E-state index contributed by atoms with van der Waals surface area (Å²) in [5, 5.41) is 9.63. The van der Waals surface area contributed by atoms with E-state index in [0.717, 1.165) is 42.8 Å². The lowest BCUT2D eigenvalue weighted by Crippen LogP contribution is -2.37. The van der Waals surface area contributed by atoms with Crippen LogP contribution >= 0.6 is 0 Å². The molecule has 10 nitrogen and oxygen atoms in total. The van der Waals surface area contributed by atoms with Crippen LogP contribution in [0.1, 0.15) is 12.1 Å². The van der Waals surface area contributed by atoms with Gasteiger partial charge in [-0.1, -0.05) is 0 Å². The second kappa shape index (κ2) is 10.4. The average Bonchev–Trinajstić information content (AvgIpc) is 3.42. The van der Waals surface area contributed by atoms with Crippen molar-refractivity contribution in [2.24, 2.45) is 5.10 Å². The molecule has 0 amide bonds. The number of benzene rings is 1. The zero-order chi connectivity index (χ0) is 23.2. The zero-order valence-electron chi connectivity index (χ0n) is 18.6. The molecule has 0 spiro atoms. The van der Waals surface area contributed by atoms with E-state index in [1.165, 1.54) is 0 Å². The van der Waals surface area contributed by atoms with E-state index in [9.17, 15) is 4.39 Å². The second-order valence-electron chi connectivity index (χ2n) is 7.89. The lowest BCUT2D eigenvalue weighted by molar-refractivity contribution is 0.122. The van der Waals surface area contributed by atoms with Crippen molar-refractivity contribution in [3.05, 3.63) is 60.3 Å². The Kier molecular flexibility index (Phi) is 6.73. The van der Waals surface area contributed by atoms with Gasteiger partial charge in [0.15, 0.2) is 11.6 Å². The van der Waals surface area contributed by atoms with Crippen molar-refractivity contribution in [2.75, 3.05) is 60.0 Å². The Bertz CT molecular complexity index is 1110. The summed E-state index contributed by atoms with van der Waals surface area (Å²) in [5.74, 6) is -0.0113. The third-order valence-corrected chi connectivity index (χ3v) is 5.51. The fourth-order valence-corrected chi connectivity index (χ4v) is 3.76. The molecule has 0 radical (unpaired) electrons. The Hall–Kier alpha value is -3.83. The van der Waals surface area contributed by atoms with Gasteiger partial charge in [0.05, 0.1) is 48.9 Å². The number of aromatic nitrogens is 3. The highest BCUT2D eigenvalue weighted by Gasteiger charge is 2.17. The fraction of sp³-hybridized carbons (Fsp3) is 0.304. The van der Waals surface area contributed by atoms with Crippen LogP contribution in [0.15, 0.2) is 53.9 Å². The summed E-state index contributed by atoms with van der Waals surface area (Å²) in [7, 11) is 0. The van der Waals surface area contributed by atoms with E-state index in [2.05, 4.69) is 53.4 Å². The Balaban J connectivity index is 1.16. The van der Waals surface area contributed by atoms with Crippen LogP contribution in [0.4, 0.5) is 33.2 Å². The molecule has 5 rings (SSSR count). The smallest absolute Gasteiger partial charge is 0.245 e. The first-order valence-electron chi connectivity index (χ1n) is 11.2. The van der Waals surface area contributed by atoms with Crippen molar-refractivity contribution in [1.82, 2.24) is 20.4 Å². The molecule has 2 aromatic heterocycles. The van der Waals surface area contributed by atoms with Crippen LogP contribution in [0.3, 0.4) is 0 Å². The molecule has 1 aromatic carbocycles. The van der Waals surface area contributed by atoms with E-state index in [1.54, 1.807) is 12.4 Å². The Morgan fingerprint density at radius 1 is 1.00 bits per heavy atom. The second-order valence-corrected chi connectivity index (χ2v) is 7.89. The highest BCUT2D eigenvalue weighted by molar-refractivity contribution is 5.78. The highest BCUT2D eigenvalue weighted by Crippen LogP contribution is 2.22. The minimum absolute atomic E-state index is 0.213. The molecule has 3 N–H and O–H groups in total. The Morgan fingerprint density at radius 2 is 1.82 bits per heavy atom. The van der Waals surface area contributed by atoms with E-state index >= 15 is 0 Å². The van der Waals surface area contributed by atoms with E-state index < -0.39 is 5.82 Å². The molecule has 2 saturated heterocycles. The van der Waals surface area contributed by atoms with Gasteiger partial charge in [0, 0.05) is 31.9 Å². The lowest BCUT2D eigenvalue weighted by Gasteiger charge is -2.27. The monoisotopic (exact) mass is 463 g/mol. The number of pyridine rings is 1. The fourth-order valence-electron chi connectivity index (χ4n) is 3.76. The van der Waals surface area contributed by atoms with E-state index in [-0.39, 0.29) is 11.8 Å². The van der Waals surface area contributed by atoms with Crippen LogP contribution in [0, 0.1) is 5.82 Å². The van der Waals surface area contributed by atoms with Crippen LogP contribution in [0.5, 0.6) is 0 Å². The molecule has 0 saturated carbocycles. The van der Waals surface area contributed by atoms with Crippen molar-refractivity contribution >= 4 is 35.0 Å². The summed E-state index contributed by atoms with van der Waals surface area (Å²) < 4.78 is 19.4. The van der Waals surface area contributed by atoms with Crippen molar-refractivity contribution < 1.29 is 9.13 Å². The van der Waals surface area contributed by atoms with Gasteiger partial charge in [-0.2, -0.15) is 10.1 Å². The van der Waals surface area contributed by atoms with E-state index in [0.29, 0.717) is 32.0 Å². The summed E-state index contributed by atoms with van der Waals surface area (Å²) >= 11 is 0. The van der Waals surface area contributed by atoms with Gasteiger partial charge < -0.3 is 20.0 Å². The van der Waals surface area contributed by atoms with Gasteiger partial charge in [-0.3, -0.25) is 4.98 Å². The van der Waals surface area contributed by atoms with Gasteiger partial charge in [0.2, 0.25) is 5.95 Å².